The van der Waals surface area contributed by atoms with Gasteiger partial charge in [0.05, 0.1) is 7.05 Å². The molecule has 1 saturated heterocycles. The van der Waals surface area contributed by atoms with Crippen molar-refractivity contribution in [2.45, 2.75) is 25.3 Å². The number of nitrogens with zero attached hydrogens (tertiary/aromatic N) is 4. The first kappa shape index (κ1) is 10.5. The summed E-state index contributed by atoms with van der Waals surface area (Å²) in [6.07, 6.45) is 2.81. The van der Waals surface area contributed by atoms with Gasteiger partial charge in [-0.1, -0.05) is 0 Å². The van der Waals surface area contributed by atoms with Crippen LogP contribution in [0.5, 0.6) is 0 Å². The Hall–Kier alpha value is -1.01. The summed E-state index contributed by atoms with van der Waals surface area (Å²) >= 11 is 0. The summed E-state index contributed by atoms with van der Waals surface area (Å²) in [5, 5.41) is 11.8. The Balaban J connectivity index is 1.78. The number of hydrogen-bond acceptors (Lipinski definition) is 5. The predicted molar refractivity (Wildman–Crippen MR) is 54.0 cm³/mol. The van der Waals surface area contributed by atoms with Crippen molar-refractivity contribution in [3.05, 3.63) is 5.82 Å². The van der Waals surface area contributed by atoms with Crippen molar-refractivity contribution in [3.63, 3.8) is 0 Å². The maximum Gasteiger partial charge on any atom is 0.176 e. The normalized spacial score (nSPS) is 23.2. The van der Waals surface area contributed by atoms with Gasteiger partial charge in [-0.05, 0) is 24.0 Å². The van der Waals surface area contributed by atoms with Gasteiger partial charge in [-0.3, -0.25) is 0 Å². The predicted octanol–water partition coefficient (Wildman–Crippen LogP) is -0.493. The molecule has 2 atom stereocenters. The lowest BCUT2D eigenvalue weighted by atomic mass is 9.98. The van der Waals surface area contributed by atoms with E-state index in [1.807, 2.05) is 0 Å². The van der Waals surface area contributed by atoms with Crippen molar-refractivity contribution >= 4 is 0 Å². The first-order valence-corrected chi connectivity index (χ1v) is 5.30. The molecule has 1 aromatic heterocycles. The van der Waals surface area contributed by atoms with Crippen LogP contribution < -0.4 is 5.73 Å². The van der Waals surface area contributed by atoms with E-state index in [1.54, 1.807) is 7.05 Å². The molecule has 0 aliphatic carbocycles. The monoisotopic (exact) mass is 211 g/mol. The van der Waals surface area contributed by atoms with E-state index in [-0.39, 0.29) is 6.04 Å². The minimum absolute atomic E-state index is 0.112. The number of ether oxygens (including phenoxy) is 1. The maximum atomic E-state index is 6.02. The van der Waals surface area contributed by atoms with Gasteiger partial charge in [0.1, 0.15) is 0 Å². The van der Waals surface area contributed by atoms with Crippen LogP contribution in [0.2, 0.25) is 0 Å². The molecule has 0 saturated carbocycles. The van der Waals surface area contributed by atoms with Crippen LogP contribution >= 0.6 is 0 Å². The molecule has 0 radical (unpaired) electrons. The average Bonchev–Trinajstić information content (AvgIpc) is 2.77. The highest BCUT2D eigenvalue weighted by molar-refractivity contribution is 4.84. The van der Waals surface area contributed by atoms with Gasteiger partial charge in [-0.15, -0.1) is 10.2 Å². The minimum Gasteiger partial charge on any atom is -0.381 e. The zero-order chi connectivity index (χ0) is 10.7. The molecule has 1 aliphatic heterocycles. The lowest BCUT2D eigenvalue weighted by Gasteiger charge is -2.13. The van der Waals surface area contributed by atoms with Gasteiger partial charge in [0, 0.05) is 25.7 Å². The summed E-state index contributed by atoms with van der Waals surface area (Å²) in [7, 11) is 1.76. The average molecular weight is 211 g/mol. The van der Waals surface area contributed by atoms with Crippen molar-refractivity contribution in [3.8, 4) is 0 Å². The van der Waals surface area contributed by atoms with Crippen molar-refractivity contribution < 1.29 is 4.74 Å². The second kappa shape index (κ2) is 4.67. The molecule has 15 heavy (non-hydrogen) atoms. The molecule has 6 heteroatoms. The minimum atomic E-state index is 0.112. The summed E-state index contributed by atoms with van der Waals surface area (Å²) in [5.41, 5.74) is 6.02. The van der Waals surface area contributed by atoms with Crippen LogP contribution in [-0.4, -0.2) is 39.5 Å². The molecule has 2 heterocycles. The highest BCUT2D eigenvalue weighted by atomic mass is 16.5. The van der Waals surface area contributed by atoms with Crippen molar-refractivity contribution in [1.82, 2.24) is 20.2 Å². The molecule has 2 unspecified atom stereocenters. The Labute approximate surface area is 88.8 Å². The fourth-order valence-corrected chi connectivity index (χ4v) is 1.92. The summed E-state index contributed by atoms with van der Waals surface area (Å²) in [6, 6.07) is 0.112. The van der Waals surface area contributed by atoms with E-state index >= 15 is 0 Å². The maximum absolute atomic E-state index is 6.02. The third-order valence-electron chi connectivity index (χ3n) is 2.65. The number of hydrogen-bond donors (Lipinski definition) is 1. The molecule has 84 valence electrons. The second-order valence-corrected chi connectivity index (χ2v) is 4.12. The third kappa shape index (κ3) is 2.97. The van der Waals surface area contributed by atoms with Crippen LogP contribution in [0.4, 0.5) is 0 Å². The molecule has 0 aromatic carbocycles. The zero-order valence-corrected chi connectivity index (χ0v) is 8.96. The van der Waals surface area contributed by atoms with E-state index in [9.17, 15) is 0 Å². The smallest absolute Gasteiger partial charge is 0.176 e. The lowest BCUT2D eigenvalue weighted by Crippen LogP contribution is -2.26. The standard InChI is InChI=1S/C9H17N5O/c1-14-12-9(11-13-14)5-8(10)4-7-2-3-15-6-7/h7-8H,2-6,10H2,1H3. The summed E-state index contributed by atoms with van der Waals surface area (Å²) < 4.78 is 5.31. The highest BCUT2D eigenvalue weighted by Gasteiger charge is 2.19. The number of aromatic nitrogens is 4. The van der Waals surface area contributed by atoms with Gasteiger partial charge < -0.3 is 10.5 Å². The van der Waals surface area contributed by atoms with Crippen LogP contribution in [0.1, 0.15) is 18.7 Å². The van der Waals surface area contributed by atoms with E-state index in [2.05, 4.69) is 15.4 Å². The number of rotatable bonds is 4. The van der Waals surface area contributed by atoms with E-state index in [4.69, 9.17) is 10.5 Å². The van der Waals surface area contributed by atoms with Gasteiger partial charge >= 0.3 is 0 Å². The van der Waals surface area contributed by atoms with Crippen molar-refractivity contribution in [2.24, 2.45) is 18.7 Å². The van der Waals surface area contributed by atoms with E-state index in [0.29, 0.717) is 12.3 Å². The topological polar surface area (TPSA) is 78.9 Å². The Bertz CT molecular complexity index is 307. The summed E-state index contributed by atoms with van der Waals surface area (Å²) in [4.78, 5) is 1.46. The Morgan fingerprint density at radius 2 is 2.53 bits per heavy atom. The highest BCUT2D eigenvalue weighted by Crippen LogP contribution is 2.18. The molecule has 6 nitrogen and oxygen atoms in total. The number of tetrazole rings is 1. The fraction of sp³-hybridized carbons (Fsp3) is 0.889. The Kier molecular flexibility index (Phi) is 3.27. The van der Waals surface area contributed by atoms with Crippen LogP contribution in [-0.2, 0) is 18.2 Å². The molecule has 2 N–H and O–H groups in total. The molecular weight excluding hydrogens is 194 g/mol. The number of aryl methyl sites for hydroxylation is 1. The SMILES string of the molecule is Cn1nnc(CC(N)CC2CCOC2)n1. The Morgan fingerprint density at radius 3 is 3.13 bits per heavy atom. The fourth-order valence-electron chi connectivity index (χ4n) is 1.92. The zero-order valence-electron chi connectivity index (χ0n) is 8.96. The van der Waals surface area contributed by atoms with Gasteiger partial charge in [0.25, 0.3) is 0 Å². The largest absolute Gasteiger partial charge is 0.381 e. The molecule has 1 aliphatic rings. The van der Waals surface area contributed by atoms with Crippen LogP contribution in [0.3, 0.4) is 0 Å². The second-order valence-electron chi connectivity index (χ2n) is 4.12. The summed E-state index contributed by atoms with van der Waals surface area (Å²) in [5.74, 6) is 1.33. The third-order valence-corrected chi connectivity index (χ3v) is 2.65. The van der Waals surface area contributed by atoms with Crippen LogP contribution in [0, 0.1) is 5.92 Å². The van der Waals surface area contributed by atoms with Crippen molar-refractivity contribution in [1.29, 1.82) is 0 Å². The van der Waals surface area contributed by atoms with Crippen LogP contribution in [0.25, 0.3) is 0 Å². The van der Waals surface area contributed by atoms with Gasteiger partial charge in [0.15, 0.2) is 5.82 Å². The Morgan fingerprint density at radius 1 is 1.67 bits per heavy atom. The number of nitrogens with two attached hydrogens (primary N) is 1. The quantitative estimate of drug-likeness (QED) is 0.726. The molecule has 2 rings (SSSR count). The molecule has 0 bridgehead atoms. The molecule has 1 aromatic rings. The lowest BCUT2D eigenvalue weighted by molar-refractivity contribution is 0.182. The molecule has 0 spiro atoms. The van der Waals surface area contributed by atoms with Gasteiger partial charge in [-0.25, -0.2) is 0 Å². The van der Waals surface area contributed by atoms with Gasteiger partial charge in [-0.2, -0.15) is 4.80 Å². The van der Waals surface area contributed by atoms with E-state index < -0.39 is 0 Å². The molecular formula is C9H17N5O. The van der Waals surface area contributed by atoms with Crippen molar-refractivity contribution in [2.75, 3.05) is 13.2 Å². The molecule has 0 amide bonds. The van der Waals surface area contributed by atoms with E-state index in [0.717, 1.165) is 31.9 Å². The van der Waals surface area contributed by atoms with Crippen LogP contribution in [0.15, 0.2) is 0 Å². The first-order chi connectivity index (χ1) is 7.24. The summed E-state index contributed by atoms with van der Waals surface area (Å²) in [6.45, 7) is 1.72. The van der Waals surface area contributed by atoms with E-state index in [1.165, 1.54) is 4.80 Å². The first-order valence-electron chi connectivity index (χ1n) is 5.30. The van der Waals surface area contributed by atoms with Gasteiger partial charge in [0.2, 0.25) is 0 Å². The molecule has 1 fully saturated rings.